The molecule has 1 N–H and O–H groups in total. The SMILES string of the molecule is COc1ccc(S(=O)(=O)N(CC(=O)N(Cc2ccccc2F)C(Cc2ccccc2)C(=O)NC2CCCC2)c2ccc(C)cc2)cc1OC. The fourth-order valence-electron chi connectivity index (χ4n) is 6.08. The van der Waals surface area contributed by atoms with Crippen molar-refractivity contribution < 1.29 is 31.9 Å². The molecule has 1 unspecified atom stereocenters. The molecule has 1 saturated carbocycles. The van der Waals surface area contributed by atoms with E-state index in [1.807, 2.05) is 37.3 Å². The summed E-state index contributed by atoms with van der Waals surface area (Å²) < 4.78 is 55.7. The van der Waals surface area contributed by atoms with Gasteiger partial charge in [0.2, 0.25) is 11.8 Å². The first-order valence-electron chi connectivity index (χ1n) is 16.3. The average molecular weight is 688 g/mol. The number of nitrogens with zero attached hydrogens (tertiary/aromatic N) is 2. The van der Waals surface area contributed by atoms with Crippen molar-refractivity contribution in [2.45, 2.75) is 62.6 Å². The van der Waals surface area contributed by atoms with Crippen molar-refractivity contribution in [1.29, 1.82) is 0 Å². The van der Waals surface area contributed by atoms with Crippen molar-refractivity contribution >= 4 is 27.5 Å². The van der Waals surface area contributed by atoms with E-state index in [0.29, 0.717) is 5.75 Å². The van der Waals surface area contributed by atoms with Crippen molar-refractivity contribution in [2.24, 2.45) is 0 Å². The third kappa shape index (κ3) is 8.58. The number of sulfonamides is 1. The number of carbonyl (C=O) groups is 2. The lowest BCUT2D eigenvalue weighted by Crippen LogP contribution is -2.54. The number of benzene rings is 4. The Kier molecular flexibility index (Phi) is 11.6. The van der Waals surface area contributed by atoms with Crippen LogP contribution >= 0.6 is 0 Å². The molecule has 0 aromatic heterocycles. The Balaban J connectivity index is 1.59. The number of hydrogen-bond acceptors (Lipinski definition) is 6. The summed E-state index contributed by atoms with van der Waals surface area (Å²) >= 11 is 0. The van der Waals surface area contributed by atoms with E-state index in [0.717, 1.165) is 41.1 Å². The van der Waals surface area contributed by atoms with Gasteiger partial charge >= 0.3 is 0 Å². The van der Waals surface area contributed by atoms with Crippen LogP contribution in [0.1, 0.15) is 42.4 Å². The predicted molar refractivity (Wildman–Crippen MR) is 187 cm³/mol. The second kappa shape index (κ2) is 16.0. The van der Waals surface area contributed by atoms with Crippen LogP contribution in [-0.2, 0) is 32.6 Å². The molecule has 0 radical (unpaired) electrons. The smallest absolute Gasteiger partial charge is 0.264 e. The molecule has 11 heteroatoms. The molecule has 4 aromatic carbocycles. The highest BCUT2D eigenvalue weighted by Crippen LogP contribution is 2.33. The third-order valence-corrected chi connectivity index (χ3v) is 10.6. The number of hydrogen-bond donors (Lipinski definition) is 1. The summed E-state index contributed by atoms with van der Waals surface area (Å²) in [5.74, 6) is -1.04. The molecule has 0 aliphatic heterocycles. The number of methoxy groups -OCH3 is 2. The van der Waals surface area contributed by atoms with E-state index in [1.54, 1.807) is 42.5 Å². The zero-order valence-electron chi connectivity index (χ0n) is 28.0. The van der Waals surface area contributed by atoms with E-state index in [-0.39, 0.29) is 46.8 Å². The van der Waals surface area contributed by atoms with Crippen LogP contribution in [-0.4, -0.2) is 58.0 Å². The van der Waals surface area contributed by atoms with Gasteiger partial charge < -0.3 is 19.7 Å². The zero-order chi connectivity index (χ0) is 35.0. The number of nitrogens with one attached hydrogen (secondary N) is 1. The summed E-state index contributed by atoms with van der Waals surface area (Å²) in [6, 6.07) is 25.2. The molecule has 258 valence electrons. The average Bonchev–Trinajstić information content (AvgIpc) is 3.63. The number of amides is 2. The summed E-state index contributed by atoms with van der Waals surface area (Å²) in [7, 11) is -1.53. The largest absolute Gasteiger partial charge is 0.493 e. The minimum Gasteiger partial charge on any atom is -0.493 e. The Morgan fingerprint density at radius 2 is 1.53 bits per heavy atom. The maximum absolute atomic E-state index is 15.2. The van der Waals surface area contributed by atoms with Crippen LogP contribution < -0.4 is 19.1 Å². The van der Waals surface area contributed by atoms with Gasteiger partial charge in [-0.3, -0.25) is 13.9 Å². The van der Waals surface area contributed by atoms with Crippen LogP contribution in [0.25, 0.3) is 0 Å². The van der Waals surface area contributed by atoms with Gasteiger partial charge in [0.05, 0.1) is 24.8 Å². The fraction of sp³-hybridized carbons (Fsp3) is 0.316. The van der Waals surface area contributed by atoms with Crippen molar-refractivity contribution in [2.75, 3.05) is 25.1 Å². The molecule has 0 saturated heterocycles. The Hall–Kier alpha value is -4.90. The predicted octanol–water partition coefficient (Wildman–Crippen LogP) is 6.05. The van der Waals surface area contributed by atoms with Crippen LogP contribution in [0.4, 0.5) is 10.1 Å². The number of anilines is 1. The number of carbonyl (C=O) groups excluding carboxylic acids is 2. The van der Waals surface area contributed by atoms with Crippen LogP contribution in [0.15, 0.2) is 102 Å². The van der Waals surface area contributed by atoms with Gasteiger partial charge in [0, 0.05) is 30.6 Å². The van der Waals surface area contributed by atoms with Gasteiger partial charge in [-0.2, -0.15) is 0 Å². The molecule has 0 bridgehead atoms. The van der Waals surface area contributed by atoms with E-state index in [4.69, 9.17) is 9.47 Å². The summed E-state index contributed by atoms with van der Waals surface area (Å²) in [4.78, 5) is 29.9. The number of rotatable bonds is 14. The summed E-state index contributed by atoms with van der Waals surface area (Å²) in [6.45, 7) is 0.963. The molecule has 4 aromatic rings. The summed E-state index contributed by atoms with van der Waals surface area (Å²) in [5.41, 5.74) is 2.14. The van der Waals surface area contributed by atoms with E-state index in [2.05, 4.69) is 5.32 Å². The number of halogens is 1. The van der Waals surface area contributed by atoms with Crippen LogP contribution in [0, 0.1) is 12.7 Å². The molecule has 2 amide bonds. The molecule has 1 aliphatic carbocycles. The van der Waals surface area contributed by atoms with Crippen molar-refractivity contribution in [1.82, 2.24) is 10.2 Å². The highest BCUT2D eigenvalue weighted by atomic mass is 32.2. The van der Waals surface area contributed by atoms with E-state index >= 15 is 4.39 Å². The molecule has 0 spiro atoms. The Bertz CT molecular complexity index is 1850. The summed E-state index contributed by atoms with van der Waals surface area (Å²) in [5, 5.41) is 3.12. The lowest BCUT2D eigenvalue weighted by molar-refractivity contribution is -0.140. The van der Waals surface area contributed by atoms with E-state index in [1.165, 1.54) is 43.4 Å². The molecule has 49 heavy (non-hydrogen) atoms. The molecule has 1 aliphatic rings. The standard InChI is InChI=1S/C38H42FN3O6S/c1-27-17-19-31(20-18-27)42(49(45,46)32-21-22-35(47-2)36(24-32)48-3)26-37(43)41(25-29-13-7-10-16-33(29)39)34(23-28-11-5-4-6-12-28)38(44)40-30-14-8-9-15-30/h4-7,10-13,16-22,24,30,34H,8-9,14-15,23,25-26H2,1-3H3,(H,40,44). The van der Waals surface area contributed by atoms with E-state index in [9.17, 15) is 18.0 Å². The minimum atomic E-state index is -4.38. The Morgan fingerprint density at radius 1 is 0.878 bits per heavy atom. The van der Waals surface area contributed by atoms with Crippen molar-refractivity contribution in [3.63, 3.8) is 0 Å². The highest BCUT2D eigenvalue weighted by Gasteiger charge is 2.36. The molecule has 9 nitrogen and oxygen atoms in total. The van der Waals surface area contributed by atoms with E-state index < -0.39 is 34.3 Å². The normalized spacial score (nSPS) is 13.8. The van der Waals surface area contributed by atoms with Gasteiger partial charge in [0.1, 0.15) is 18.4 Å². The lowest BCUT2D eigenvalue weighted by Gasteiger charge is -2.34. The second-order valence-electron chi connectivity index (χ2n) is 12.2. The second-order valence-corrected chi connectivity index (χ2v) is 14.0. The fourth-order valence-corrected chi connectivity index (χ4v) is 7.51. The molecule has 1 fully saturated rings. The van der Waals surface area contributed by atoms with Gasteiger partial charge in [0.25, 0.3) is 10.0 Å². The maximum Gasteiger partial charge on any atom is 0.264 e. The molecule has 1 atom stereocenters. The molecular formula is C38H42FN3O6S. The summed E-state index contributed by atoms with van der Waals surface area (Å²) in [6.07, 6.45) is 3.79. The number of ether oxygens (including phenoxy) is 2. The van der Waals surface area contributed by atoms with Crippen molar-refractivity contribution in [3.8, 4) is 11.5 Å². The molecular weight excluding hydrogens is 645 g/mol. The van der Waals surface area contributed by atoms with Gasteiger partial charge in [-0.25, -0.2) is 12.8 Å². The Labute approximate surface area is 287 Å². The highest BCUT2D eigenvalue weighted by molar-refractivity contribution is 7.92. The lowest BCUT2D eigenvalue weighted by atomic mass is 10.0. The van der Waals surface area contributed by atoms with Gasteiger partial charge in [-0.15, -0.1) is 0 Å². The first-order valence-corrected chi connectivity index (χ1v) is 17.7. The maximum atomic E-state index is 15.2. The Morgan fingerprint density at radius 3 is 2.18 bits per heavy atom. The minimum absolute atomic E-state index is 0.0364. The topological polar surface area (TPSA) is 105 Å². The van der Waals surface area contributed by atoms with Crippen LogP contribution in [0.5, 0.6) is 11.5 Å². The van der Waals surface area contributed by atoms with Gasteiger partial charge in [-0.1, -0.05) is 79.1 Å². The first kappa shape index (κ1) is 35.4. The monoisotopic (exact) mass is 687 g/mol. The third-order valence-electron chi connectivity index (χ3n) is 8.81. The quantitative estimate of drug-likeness (QED) is 0.173. The van der Waals surface area contributed by atoms with Crippen LogP contribution in [0.2, 0.25) is 0 Å². The van der Waals surface area contributed by atoms with Gasteiger partial charge in [-0.05, 0) is 55.7 Å². The number of aryl methyl sites for hydroxylation is 1. The van der Waals surface area contributed by atoms with Crippen molar-refractivity contribution in [3.05, 3.63) is 120 Å². The molecule has 0 heterocycles. The van der Waals surface area contributed by atoms with Gasteiger partial charge in [0.15, 0.2) is 11.5 Å². The van der Waals surface area contributed by atoms with Crippen LogP contribution in [0.3, 0.4) is 0 Å². The zero-order valence-corrected chi connectivity index (χ0v) is 28.8. The molecule has 5 rings (SSSR count). The first-order chi connectivity index (χ1) is 23.6.